The molecule has 1 aliphatic rings. The van der Waals surface area contributed by atoms with Gasteiger partial charge < -0.3 is 14.4 Å². The van der Waals surface area contributed by atoms with Gasteiger partial charge >= 0.3 is 6.09 Å². The van der Waals surface area contributed by atoms with Gasteiger partial charge in [-0.25, -0.2) is 4.79 Å². The number of hydrogen-bond acceptors (Lipinski definition) is 3. The molecule has 0 radical (unpaired) electrons. The summed E-state index contributed by atoms with van der Waals surface area (Å²) in [6.45, 7) is 6.79. The van der Waals surface area contributed by atoms with Gasteiger partial charge in [0.1, 0.15) is 11.9 Å². The zero-order valence-corrected chi connectivity index (χ0v) is 12.8. The number of rotatable bonds is 2. The van der Waals surface area contributed by atoms with Crippen LogP contribution in [-0.2, 0) is 9.53 Å². The van der Waals surface area contributed by atoms with E-state index < -0.39 is 5.60 Å². The van der Waals surface area contributed by atoms with E-state index in [1.54, 1.807) is 4.90 Å². The summed E-state index contributed by atoms with van der Waals surface area (Å²) in [6.07, 6.45) is 2.24. The third kappa shape index (κ3) is 4.12. The van der Waals surface area contributed by atoms with Crippen LogP contribution in [0.1, 0.15) is 33.6 Å². The fourth-order valence-electron chi connectivity index (χ4n) is 1.74. The number of alkyl halides is 1. The number of hydrogen-bond donors (Lipinski definition) is 0. The van der Waals surface area contributed by atoms with E-state index in [4.69, 9.17) is 4.74 Å². The van der Waals surface area contributed by atoms with Crippen LogP contribution in [0.5, 0.6) is 0 Å². The first kappa shape index (κ1) is 14.7. The normalized spacial score (nSPS) is 19.9. The van der Waals surface area contributed by atoms with Crippen LogP contribution >= 0.6 is 22.6 Å². The lowest BCUT2D eigenvalue weighted by molar-refractivity contribution is -0.117. The minimum absolute atomic E-state index is 0.237. The van der Waals surface area contributed by atoms with E-state index in [9.17, 15) is 9.59 Å². The van der Waals surface area contributed by atoms with Crippen molar-refractivity contribution in [2.45, 2.75) is 39.2 Å². The van der Waals surface area contributed by atoms with Crippen molar-refractivity contribution in [2.24, 2.45) is 5.41 Å². The summed E-state index contributed by atoms with van der Waals surface area (Å²) >= 11 is 2.24. The Balaban J connectivity index is 2.52. The monoisotopic (exact) mass is 353 g/mol. The first-order valence-corrected chi connectivity index (χ1v) is 7.35. The van der Waals surface area contributed by atoms with E-state index in [0.29, 0.717) is 13.1 Å². The number of carbonyl (C=O) groups is 2. The average Bonchev–Trinajstić information content (AvgIpc) is 2.27. The molecule has 1 rings (SSSR count). The Hall–Kier alpha value is -0.330. The second-order valence-electron chi connectivity index (χ2n) is 5.58. The van der Waals surface area contributed by atoms with E-state index in [-0.39, 0.29) is 11.5 Å². The largest absolute Gasteiger partial charge is 0.444 e. The minimum Gasteiger partial charge on any atom is -0.444 e. The molecule has 0 N–H and O–H groups in total. The number of likely N-dealkylation sites (tertiary alicyclic amines) is 1. The van der Waals surface area contributed by atoms with Crippen molar-refractivity contribution >= 4 is 35.0 Å². The summed E-state index contributed by atoms with van der Waals surface area (Å²) in [7, 11) is 0. The lowest BCUT2D eigenvalue weighted by atomic mass is 9.82. The van der Waals surface area contributed by atoms with Crippen LogP contribution in [-0.4, -0.2) is 40.4 Å². The van der Waals surface area contributed by atoms with Crippen LogP contribution < -0.4 is 0 Å². The van der Waals surface area contributed by atoms with Crippen molar-refractivity contribution in [1.29, 1.82) is 0 Å². The quantitative estimate of drug-likeness (QED) is 0.436. The Morgan fingerprint density at radius 3 is 2.29 bits per heavy atom. The van der Waals surface area contributed by atoms with Crippen molar-refractivity contribution in [3.63, 3.8) is 0 Å². The molecule has 17 heavy (non-hydrogen) atoms. The maximum absolute atomic E-state index is 11.8. The fraction of sp³-hybridized carbons (Fsp3) is 0.833. The molecule has 1 saturated heterocycles. The van der Waals surface area contributed by atoms with E-state index in [1.807, 2.05) is 20.8 Å². The molecule has 0 aromatic carbocycles. The third-order valence-corrected chi connectivity index (χ3v) is 4.45. The Morgan fingerprint density at radius 1 is 1.41 bits per heavy atom. The number of amides is 1. The Labute approximate surface area is 116 Å². The van der Waals surface area contributed by atoms with Crippen molar-refractivity contribution in [3.05, 3.63) is 0 Å². The highest BCUT2D eigenvalue weighted by Gasteiger charge is 2.36. The van der Waals surface area contributed by atoms with Gasteiger partial charge in [0.15, 0.2) is 0 Å². The summed E-state index contributed by atoms with van der Waals surface area (Å²) in [6, 6.07) is 0. The molecule has 0 bridgehead atoms. The van der Waals surface area contributed by atoms with Crippen LogP contribution in [0.25, 0.3) is 0 Å². The van der Waals surface area contributed by atoms with Gasteiger partial charge in [0.25, 0.3) is 0 Å². The van der Waals surface area contributed by atoms with E-state index in [0.717, 1.165) is 23.6 Å². The third-order valence-electron chi connectivity index (χ3n) is 2.93. The molecule has 0 aliphatic carbocycles. The van der Waals surface area contributed by atoms with Crippen LogP contribution in [0.15, 0.2) is 0 Å². The predicted octanol–water partition coefficient (Wildman–Crippen LogP) is 2.64. The zero-order chi connectivity index (χ0) is 13.1. The lowest BCUT2D eigenvalue weighted by Gasteiger charge is -2.37. The van der Waals surface area contributed by atoms with Crippen molar-refractivity contribution in [3.8, 4) is 0 Å². The summed E-state index contributed by atoms with van der Waals surface area (Å²) in [5, 5.41) is 0. The molecule has 0 atom stereocenters. The number of nitrogens with zero attached hydrogens (tertiary/aromatic N) is 1. The van der Waals surface area contributed by atoms with Crippen molar-refractivity contribution in [2.75, 3.05) is 17.5 Å². The molecule has 0 unspecified atom stereocenters. The first-order chi connectivity index (χ1) is 7.82. The molecule has 1 heterocycles. The summed E-state index contributed by atoms with van der Waals surface area (Å²) in [5.41, 5.74) is -0.696. The Morgan fingerprint density at radius 2 is 1.94 bits per heavy atom. The maximum atomic E-state index is 11.8. The fourth-order valence-corrected chi connectivity index (χ4v) is 2.69. The second-order valence-corrected chi connectivity index (χ2v) is 6.34. The van der Waals surface area contributed by atoms with Crippen LogP contribution in [0.2, 0.25) is 0 Å². The standard InChI is InChI=1S/C12H20INO3/c1-11(2,3)17-10(16)14-6-4-12(8-13,9-15)5-7-14/h9H,4-8H2,1-3H3. The number of piperidine rings is 1. The molecule has 1 amide bonds. The lowest BCUT2D eigenvalue weighted by Crippen LogP contribution is -2.46. The van der Waals surface area contributed by atoms with Gasteiger partial charge in [0, 0.05) is 22.9 Å². The van der Waals surface area contributed by atoms with Crippen molar-refractivity contribution in [1.82, 2.24) is 4.90 Å². The van der Waals surface area contributed by atoms with Crippen LogP contribution in [0.4, 0.5) is 4.79 Å². The summed E-state index contributed by atoms with van der Waals surface area (Å²) in [4.78, 5) is 24.6. The highest BCUT2D eigenvalue weighted by molar-refractivity contribution is 14.1. The van der Waals surface area contributed by atoms with E-state index in [2.05, 4.69) is 22.6 Å². The number of ether oxygens (including phenoxy) is 1. The highest BCUT2D eigenvalue weighted by atomic mass is 127. The molecule has 0 saturated carbocycles. The molecule has 4 nitrogen and oxygen atoms in total. The molecule has 98 valence electrons. The van der Waals surface area contributed by atoms with E-state index >= 15 is 0 Å². The molecule has 1 fully saturated rings. The van der Waals surface area contributed by atoms with Gasteiger partial charge in [0.2, 0.25) is 0 Å². The van der Waals surface area contributed by atoms with Gasteiger partial charge in [-0.3, -0.25) is 0 Å². The molecule has 1 aliphatic heterocycles. The predicted molar refractivity (Wildman–Crippen MR) is 74.4 cm³/mol. The number of carbonyl (C=O) groups excluding carboxylic acids is 2. The second kappa shape index (κ2) is 5.54. The number of aldehydes is 1. The van der Waals surface area contributed by atoms with Gasteiger partial charge in [-0.05, 0) is 33.6 Å². The average molecular weight is 353 g/mol. The van der Waals surface area contributed by atoms with Crippen LogP contribution in [0.3, 0.4) is 0 Å². The summed E-state index contributed by atoms with van der Waals surface area (Å²) in [5.74, 6) is 0. The smallest absolute Gasteiger partial charge is 0.410 e. The summed E-state index contributed by atoms with van der Waals surface area (Å²) < 4.78 is 6.13. The molecular weight excluding hydrogens is 333 g/mol. The molecular formula is C12H20INO3. The minimum atomic E-state index is -0.459. The zero-order valence-electron chi connectivity index (χ0n) is 10.7. The topological polar surface area (TPSA) is 46.6 Å². The molecule has 0 aromatic heterocycles. The van der Waals surface area contributed by atoms with Gasteiger partial charge in [-0.1, -0.05) is 22.6 Å². The van der Waals surface area contributed by atoms with E-state index in [1.165, 1.54) is 0 Å². The van der Waals surface area contributed by atoms with Gasteiger partial charge in [-0.2, -0.15) is 0 Å². The SMILES string of the molecule is CC(C)(C)OC(=O)N1CCC(C=O)(CI)CC1. The molecule has 5 heteroatoms. The maximum Gasteiger partial charge on any atom is 0.410 e. The molecule has 0 spiro atoms. The Bertz CT molecular complexity index is 291. The van der Waals surface area contributed by atoms with Gasteiger partial charge in [0.05, 0.1) is 0 Å². The Kier molecular flexibility index (Phi) is 4.80. The molecule has 0 aromatic rings. The van der Waals surface area contributed by atoms with Crippen LogP contribution in [0, 0.1) is 5.41 Å². The highest BCUT2D eigenvalue weighted by Crippen LogP contribution is 2.31. The van der Waals surface area contributed by atoms with Crippen molar-refractivity contribution < 1.29 is 14.3 Å². The number of halogens is 1. The first-order valence-electron chi connectivity index (χ1n) is 5.82. The van der Waals surface area contributed by atoms with Gasteiger partial charge in [-0.15, -0.1) is 0 Å².